The number of carbonyl (C=O) groups excluding carboxylic acids is 2. The summed E-state index contributed by atoms with van der Waals surface area (Å²) in [5.74, 6) is -0.893. The first-order valence-electron chi connectivity index (χ1n) is 15.4. The van der Waals surface area contributed by atoms with Crippen molar-refractivity contribution in [3.63, 3.8) is 0 Å². The predicted molar refractivity (Wildman–Crippen MR) is 174 cm³/mol. The first-order valence-corrected chi connectivity index (χ1v) is 16.6. The highest BCUT2D eigenvalue weighted by Crippen LogP contribution is 2.43. The molecule has 3 heterocycles. The molecule has 2 aliphatic heterocycles. The molecule has 0 aliphatic carbocycles. The number of nitrogens with zero attached hydrogens (tertiary/aromatic N) is 6. The van der Waals surface area contributed by atoms with E-state index in [2.05, 4.69) is 15.0 Å². The van der Waals surface area contributed by atoms with Crippen LogP contribution in [0.2, 0.25) is 15.1 Å². The number of hydrogen-bond donors (Lipinski definition) is 1. The summed E-state index contributed by atoms with van der Waals surface area (Å²) in [4.78, 5) is 35.0. The van der Waals surface area contributed by atoms with Crippen LogP contribution in [0.25, 0.3) is 0 Å². The van der Waals surface area contributed by atoms with E-state index in [1.54, 1.807) is 29.0 Å². The van der Waals surface area contributed by atoms with E-state index in [4.69, 9.17) is 34.8 Å². The molecular formula is C32H36Cl3F3N6O3. The maximum Gasteiger partial charge on any atom is 0.430 e. The topological polar surface area (TPSA) is 94.8 Å². The smallest absolute Gasteiger partial charge is 0.371 e. The van der Waals surface area contributed by atoms with E-state index in [0.29, 0.717) is 42.4 Å². The minimum atomic E-state index is -5.27. The van der Waals surface area contributed by atoms with Gasteiger partial charge in [0.25, 0.3) is 17.4 Å². The number of aliphatic hydroxyl groups is 1. The summed E-state index contributed by atoms with van der Waals surface area (Å²) in [6.45, 7) is 2.83. The highest BCUT2D eigenvalue weighted by molar-refractivity contribution is 6.35. The van der Waals surface area contributed by atoms with E-state index in [9.17, 15) is 27.9 Å². The van der Waals surface area contributed by atoms with E-state index in [-0.39, 0.29) is 35.0 Å². The Morgan fingerprint density at radius 1 is 0.957 bits per heavy atom. The number of likely N-dealkylation sites (tertiary alicyclic amines) is 1. The van der Waals surface area contributed by atoms with E-state index < -0.39 is 23.2 Å². The minimum absolute atomic E-state index is 0.109. The van der Waals surface area contributed by atoms with Crippen LogP contribution in [0.1, 0.15) is 48.0 Å². The average molecular weight is 716 g/mol. The van der Waals surface area contributed by atoms with Crippen molar-refractivity contribution in [2.75, 3.05) is 44.7 Å². The summed E-state index contributed by atoms with van der Waals surface area (Å²) in [5, 5.41) is 15.0. The first-order chi connectivity index (χ1) is 22.3. The van der Waals surface area contributed by atoms with Crippen molar-refractivity contribution in [3.05, 3.63) is 75.2 Å². The Balaban J connectivity index is 1.11. The van der Waals surface area contributed by atoms with Crippen molar-refractivity contribution in [2.45, 2.75) is 50.4 Å². The number of amides is 2. The number of alkyl halides is 3. The van der Waals surface area contributed by atoms with Gasteiger partial charge in [0.15, 0.2) is 0 Å². The molecular weight excluding hydrogens is 680 g/mol. The molecule has 2 aliphatic rings. The van der Waals surface area contributed by atoms with Gasteiger partial charge < -0.3 is 19.8 Å². The number of anilines is 1. The molecule has 1 aromatic heterocycles. The molecule has 9 nitrogen and oxygen atoms in total. The van der Waals surface area contributed by atoms with Gasteiger partial charge in [-0.05, 0) is 80.3 Å². The first kappa shape index (κ1) is 35.3. The summed E-state index contributed by atoms with van der Waals surface area (Å²) in [6, 6.07) is 8.57. The number of likely N-dealkylation sites (N-methyl/N-ethyl adjacent to an activating group) is 1. The normalized spacial score (nSPS) is 17.9. The van der Waals surface area contributed by atoms with Crippen LogP contribution in [0.3, 0.4) is 0 Å². The van der Waals surface area contributed by atoms with Gasteiger partial charge in [0.2, 0.25) is 0 Å². The number of benzene rings is 2. The molecule has 2 aromatic carbocycles. The lowest BCUT2D eigenvalue weighted by atomic mass is 9.82. The lowest BCUT2D eigenvalue weighted by Gasteiger charge is -2.40. The Morgan fingerprint density at radius 2 is 1.57 bits per heavy atom. The molecule has 1 atom stereocenters. The van der Waals surface area contributed by atoms with Crippen molar-refractivity contribution < 1.29 is 27.9 Å². The number of carbonyl (C=O) groups is 2. The third-order valence-electron chi connectivity index (χ3n) is 9.21. The summed E-state index contributed by atoms with van der Waals surface area (Å²) < 4.78 is 44.1. The molecule has 0 bridgehead atoms. The van der Waals surface area contributed by atoms with Crippen molar-refractivity contribution in [3.8, 4) is 0 Å². The maximum atomic E-state index is 14.2. The third kappa shape index (κ3) is 7.98. The molecule has 254 valence electrons. The number of hydrogen-bond acceptors (Lipinski definition) is 6. The fourth-order valence-corrected chi connectivity index (χ4v) is 7.23. The molecule has 47 heavy (non-hydrogen) atoms. The van der Waals surface area contributed by atoms with Crippen molar-refractivity contribution in [2.24, 2.45) is 11.8 Å². The quantitative estimate of drug-likeness (QED) is 0.280. The van der Waals surface area contributed by atoms with Crippen molar-refractivity contribution in [1.82, 2.24) is 24.6 Å². The zero-order chi connectivity index (χ0) is 33.9. The third-order valence-corrected chi connectivity index (χ3v) is 9.96. The zero-order valence-corrected chi connectivity index (χ0v) is 28.0. The summed E-state index contributed by atoms with van der Waals surface area (Å²) >= 11 is 18.4. The van der Waals surface area contributed by atoms with E-state index in [1.807, 2.05) is 12.1 Å². The molecule has 1 N–H and O–H groups in total. The Morgan fingerprint density at radius 3 is 2.13 bits per heavy atom. The molecule has 5 rings (SSSR count). The largest absolute Gasteiger partial charge is 0.430 e. The zero-order valence-electron chi connectivity index (χ0n) is 25.8. The molecule has 2 amide bonds. The van der Waals surface area contributed by atoms with E-state index in [1.165, 1.54) is 12.4 Å². The second kappa shape index (κ2) is 14.6. The Bertz CT molecular complexity index is 1540. The van der Waals surface area contributed by atoms with Crippen LogP contribution < -0.4 is 4.90 Å². The molecule has 15 heteroatoms. The van der Waals surface area contributed by atoms with Gasteiger partial charge in [0, 0.05) is 61.1 Å². The lowest BCUT2D eigenvalue weighted by molar-refractivity contribution is -0.262. The molecule has 0 radical (unpaired) electrons. The number of aromatic nitrogens is 3. The van der Waals surface area contributed by atoms with Crippen LogP contribution in [0, 0.1) is 11.8 Å². The highest BCUT2D eigenvalue weighted by Gasteiger charge is 2.62. The van der Waals surface area contributed by atoms with Crippen LogP contribution in [0.5, 0.6) is 0 Å². The monoisotopic (exact) mass is 714 g/mol. The molecule has 2 fully saturated rings. The average Bonchev–Trinajstić information content (AvgIpc) is 3.56. The Labute approximate surface area is 286 Å². The van der Waals surface area contributed by atoms with Gasteiger partial charge in [-0.3, -0.25) is 14.3 Å². The fraction of sp³-hybridized carbons (Fsp3) is 0.500. The fourth-order valence-electron chi connectivity index (χ4n) is 6.45. The van der Waals surface area contributed by atoms with E-state index in [0.717, 1.165) is 55.1 Å². The van der Waals surface area contributed by atoms with Crippen molar-refractivity contribution in [1.29, 1.82) is 0 Å². The van der Waals surface area contributed by atoms with Gasteiger partial charge in [-0.25, -0.2) is 4.98 Å². The van der Waals surface area contributed by atoms with Gasteiger partial charge in [-0.1, -0.05) is 34.8 Å². The van der Waals surface area contributed by atoms with Gasteiger partial charge in [-0.2, -0.15) is 18.3 Å². The lowest BCUT2D eigenvalue weighted by Crippen LogP contribution is -2.57. The van der Waals surface area contributed by atoms with Gasteiger partial charge >= 0.3 is 6.18 Å². The van der Waals surface area contributed by atoms with Crippen molar-refractivity contribution >= 4 is 52.3 Å². The van der Waals surface area contributed by atoms with Crippen LogP contribution in [0.4, 0.5) is 18.9 Å². The van der Waals surface area contributed by atoms with Crippen LogP contribution >= 0.6 is 34.8 Å². The highest BCUT2D eigenvalue weighted by atomic mass is 35.5. The number of rotatable bonds is 9. The Kier molecular flexibility index (Phi) is 10.9. The van der Waals surface area contributed by atoms with Gasteiger partial charge in [0.05, 0.1) is 17.1 Å². The Hall–Kier alpha value is -3.06. The molecule has 3 aromatic rings. The van der Waals surface area contributed by atoms with Gasteiger partial charge in [0.1, 0.15) is 12.7 Å². The summed E-state index contributed by atoms with van der Waals surface area (Å²) in [5.41, 5.74) is -3.07. The van der Waals surface area contributed by atoms with Crippen LogP contribution in [-0.2, 0) is 16.9 Å². The molecule has 0 unspecified atom stereocenters. The maximum absolute atomic E-state index is 14.2. The SMILES string of the molecule is CN(CCn1cncn1)C(=O)c1ccc(N2CCC(CC3CCN(C(=O)[C@](O)(c4cc(Cl)cc(Cl)c4)C(F)(F)F)CC3)CC2)cc1Cl. The van der Waals surface area contributed by atoms with Crippen LogP contribution in [0.15, 0.2) is 49.1 Å². The van der Waals surface area contributed by atoms with Crippen LogP contribution in [-0.4, -0.2) is 87.4 Å². The standard InChI is InChI=1S/C32H36Cl3F3N6O3/c1-41(12-13-44-20-39-19-40-44)29(45)27-3-2-26(18-28(27)35)42-8-4-21(5-9-42)14-22-6-10-43(11-7-22)30(46)31(47,32(36,37)38)23-15-24(33)17-25(34)16-23/h2-3,15-22,47H,4-14H2,1H3/t31-/m1/s1. The summed E-state index contributed by atoms with van der Waals surface area (Å²) in [7, 11) is 1.72. The minimum Gasteiger partial charge on any atom is -0.371 e. The summed E-state index contributed by atoms with van der Waals surface area (Å²) in [6.07, 6.45) is 1.66. The number of piperidine rings is 2. The number of halogens is 6. The van der Waals surface area contributed by atoms with E-state index >= 15 is 0 Å². The second-order valence-corrected chi connectivity index (χ2v) is 13.6. The molecule has 2 saturated heterocycles. The molecule has 0 saturated carbocycles. The predicted octanol–water partition coefficient (Wildman–Crippen LogP) is 6.31. The second-order valence-electron chi connectivity index (χ2n) is 12.3. The van der Waals surface area contributed by atoms with Gasteiger partial charge in [-0.15, -0.1) is 0 Å². The molecule has 0 spiro atoms.